The van der Waals surface area contributed by atoms with Gasteiger partial charge < -0.3 is 15.4 Å². The zero-order valence-electron chi connectivity index (χ0n) is 19.7. The van der Waals surface area contributed by atoms with E-state index in [9.17, 15) is 9.59 Å². The molecule has 0 fully saturated rings. The van der Waals surface area contributed by atoms with Crippen LogP contribution in [-0.2, 0) is 18.2 Å². The van der Waals surface area contributed by atoms with Gasteiger partial charge in [-0.15, -0.1) is 11.3 Å². The number of thiophene rings is 1. The Morgan fingerprint density at radius 3 is 2.37 bits per heavy atom. The van der Waals surface area contributed by atoms with Gasteiger partial charge in [-0.2, -0.15) is 0 Å². The largest absolute Gasteiger partial charge is 0.462 e. The first-order valence-electron chi connectivity index (χ1n) is 11.1. The lowest BCUT2D eigenvalue weighted by atomic mass is 10.1. The fraction of sp³-hybridized carbons (Fsp3) is 0.192. The first kappa shape index (κ1) is 24.4. The summed E-state index contributed by atoms with van der Waals surface area (Å²) in [4.78, 5) is 26.8. The van der Waals surface area contributed by atoms with Gasteiger partial charge in [-0.1, -0.05) is 48.5 Å². The molecule has 0 aliphatic rings. The second-order valence-electron chi connectivity index (χ2n) is 7.85. The van der Waals surface area contributed by atoms with Gasteiger partial charge in [-0.05, 0) is 49.8 Å². The molecule has 0 saturated carbocycles. The Morgan fingerprint density at radius 2 is 1.71 bits per heavy atom. The van der Waals surface area contributed by atoms with Gasteiger partial charge in [0.05, 0.1) is 23.6 Å². The van der Waals surface area contributed by atoms with Crippen molar-refractivity contribution in [2.45, 2.75) is 20.3 Å². The predicted molar refractivity (Wildman–Crippen MR) is 145 cm³/mol. The third-order valence-corrected chi connectivity index (χ3v) is 6.77. The van der Waals surface area contributed by atoms with Gasteiger partial charge >= 0.3 is 5.97 Å². The number of para-hydroxylation sites is 1. The summed E-state index contributed by atoms with van der Waals surface area (Å²) in [7, 11) is 1.82. The molecule has 180 valence electrons. The van der Waals surface area contributed by atoms with Crippen LogP contribution in [0, 0.1) is 6.92 Å². The van der Waals surface area contributed by atoms with E-state index in [1.54, 1.807) is 16.3 Å². The van der Waals surface area contributed by atoms with E-state index in [1.807, 2.05) is 80.7 Å². The van der Waals surface area contributed by atoms with Gasteiger partial charge in [0.25, 0.3) is 5.56 Å². The number of thiocarbonyl (C=S) groups is 1. The van der Waals surface area contributed by atoms with Gasteiger partial charge in [0.1, 0.15) is 10.7 Å². The quantitative estimate of drug-likeness (QED) is 0.268. The van der Waals surface area contributed by atoms with Crippen molar-refractivity contribution in [3.05, 3.63) is 98.8 Å². The minimum absolute atomic E-state index is 0.217. The molecule has 0 radical (unpaired) electrons. The topological polar surface area (TPSA) is 77.3 Å². The number of carbonyl (C=O) groups excluding carboxylic acids is 1. The zero-order chi connectivity index (χ0) is 24.9. The van der Waals surface area contributed by atoms with E-state index in [-0.39, 0.29) is 17.3 Å². The molecule has 0 aliphatic carbocycles. The van der Waals surface area contributed by atoms with Crippen molar-refractivity contribution in [2.24, 2.45) is 7.05 Å². The monoisotopic (exact) mass is 506 g/mol. The molecule has 0 spiro atoms. The van der Waals surface area contributed by atoms with Crippen LogP contribution in [0.2, 0.25) is 0 Å². The molecule has 7 nitrogen and oxygen atoms in total. The highest BCUT2D eigenvalue weighted by molar-refractivity contribution is 7.80. The van der Waals surface area contributed by atoms with Crippen LogP contribution in [0.1, 0.15) is 33.4 Å². The number of nitrogens with one attached hydrogen (secondary N) is 2. The van der Waals surface area contributed by atoms with Crippen molar-refractivity contribution < 1.29 is 9.53 Å². The van der Waals surface area contributed by atoms with E-state index in [0.29, 0.717) is 22.7 Å². The molecule has 35 heavy (non-hydrogen) atoms. The summed E-state index contributed by atoms with van der Waals surface area (Å²) in [6, 6.07) is 21.2. The Labute approximate surface area is 213 Å². The first-order valence-corrected chi connectivity index (χ1v) is 12.4. The molecule has 0 unspecified atom stereocenters. The van der Waals surface area contributed by atoms with E-state index >= 15 is 0 Å². The Morgan fingerprint density at radius 1 is 1.06 bits per heavy atom. The van der Waals surface area contributed by atoms with Crippen LogP contribution in [0.25, 0.3) is 5.69 Å². The maximum absolute atomic E-state index is 13.2. The lowest BCUT2D eigenvalue weighted by Gasteiger charge is -2.10. The van der Waals surface area contributed by atoms with Crippen molar-refractivity contribution in [3.63, 3.8) is 0 Å². The Kier molecular flexibility index (Phi) is 7.48. The first-order chi connectivity index (χ1) is 16.9. The Bertz CT molecular complexity index is 1410. The Hall–Kier alpha value is -3.69. The average Bonchev–Trinajstić information content (AvgIpc) is 3.33. The molecule has 2 aromatic heterocycles. The number of anilines is 2. The predicted octanol–water partition coefficient (Wildman–Crippen LogP) is 5.12. The van der Waals surface area contributed by atoms with E-state index in [1.165, 1.54) is 11.3 Å². The summed E-state index contributed by atoms with van der Waals surface area (Å²) in [5, 5.41) is 6.93. The van der Waals surface area contributed by atoms with Gasteiger partial charge in [-0.3, -0.25) is 9.48 Å². The van der Waals surface area contributed by atoms with Gasteiger partial charge in [0.2, 0.25) is 0 Å². The van der Waals surface area contributed by atoms with Crippen LogP contribution >= 0.6 is 23.6 Å². The van der Waals surface area contributed by atoms with Crippen LogP contribution in [-0.4, -0.2) is 27.1 Å². The van der Waals surface area contributed by atoms with E-state index < -0.39 is 5.97 Å². The molecule has 2 heterocycles. The summed E-state index contributed by atoms with van der Waals surface area (Å²) >= 11 is 6.96. The van der Waals surface area contributed by atoms with Crippen LogP contribution in [0.15, 0.2) is 71.5 Å². The minimum Gasteiger partial charge on any atom is -0.462 e. The number of nitrogens with zero attached hydrogens (tertiary/aromatic N) is 2. The molecular formula is C26H26N4O3S2. The smallest absolute Gasteiger partial charge is 0.341 e. The number of carbonyl (C=O) groups is 1. The van der Waals surface area contributed by atoms with Crippen molar-refractivity contribution in [2.75, 3.05) is 17.2 Å². The summed E-state index contributed by atoms with van der Waals surface area (Å²) in [5.74, 6) is -0.421. The van der Waals surface area contributed by atoms with Gasteiger partial charge in [-0.25, -0.2) is 9.48 Å². The Balaban J connectivity index is 1.59. The van der Waals surface area contributed by atoms with Crippen LogP contribution in [0.4, 0.5) is 10.7 Å². The van der Waals surface area contributed by atoms with Crippen molar-refractivity contribution in [1.29, 1.82) is 0 Å². The lowest BCUT2D eigenvalue weighted by molar-refractivity contribution is 0.0528. The summed E-state index contributed by atoms with van der Waals surface area (Å²) in [6.07, 6.45) is 0.680. The molecular weight excluding hydrogens is 480 g/mol. The lowest BCUT2D eigenvalue weighted by Crippen LogP contribution is -2.25. The second kappa shape index (κ2) is 10.7. The number of hydrogen-bond acceptors (Lipinski definition) is 5. The van der Waals surface area contributed by atoms with E-state index in [4.69, 9.17) is 17.0 Å². The molecule has 0 saturated heterocycles. The molecule has 9 heteroatoms. The number of hydrogen-bond donors (Lipinski definition) is 2. The third kappa shape index (κ3) is 5.36. The zero-order valence-corrected chi connectivity index (χ0v) is 21.3. The molecule has 2 aromatic carbocycles. The van der Waals surface area contributed by atoms with Crippen molar-refractivity contribution >= 4 is 45.3 Å². The van der Waals surface area contributed by atoms with E-state index in [2.05, 4.69) is 10.6 Å². The van der Waals surface area contributed by atoms with Gasteiger partial charge in [0, 0.05) is 18.3 Å². The normalized spacial score (nSPS) is 10.7. The number of esters is 1. The number of benzene rings is 2. The maximum Gasteiger partial charge on any atom is 0.341 e. The standard InChI is InChI=1S/C26H26N4O3S2/c1-4-33-25(32)21-16-20(15-18-11-7-5-8-12-18)35-23(21)28-26(34)27-22-17(2)29(3)30(24(22)31)19-13-9-6-10-14-19/h5-14,16H,4,15H2,1-3H3,(H2,27,28,34). The summed E-state index contributed by atoms with van der Waals surface area (Å²) < 4.78 is 8.60. The minimum atomic E-state index is -0.421. The SMILES string of the molecule is CCOC(=O)c1cc(Cc2ccccc2)sc1NC(=S)Nc1c(C)n(C)n(-c2ccccc2)c1=O. The van der Waals surface area contributed by atoms with Crippen molar-refractivity contribution in [3.8, 4) is 5.69 Å². The number of aromatic nitrogens is 2. The highest BCUT2D eigenvalue weighted by Crippen LogP contribution is 2.31. The molecule has 4 aromatic rings. The molecule has 0 amide bonds. The van der Waals surface area contributed by atoms with Crippen LogP contribution in [0.3, 0.4) is 0 Å². The number of rotatable bonds is 7. The second-order valence-corrected chi connectivity index (χ2v) is 9.40. The maximum atomic E-state index is 13.2. The van der Waals surface area contributed by atoms with Crippen molar-refractivity contribution in [1.82, 2.24) is 9.36 Å². The summed E-state index contributed by atoms with van der Waals surface area (Å²) in [6.45, 7) is 3.89. The molecule has 4 rings (SSSR count). The van der Waals surface area contributed by atoms with Gasteiger partial charge in [0.15, 0.2) is 5.11 Å². The van der Waals surface area contributed by atoms with Crippen LogP contribution < -0.4 is 16.2 Å². The summed E-state index contributed by atoms with van der Waals surface area (Å²) in [5.41, 5.74) is 3.18. The fourth-order valence-corrected chi connectivity index (χ4v) is 5.09. The number of ether oxygens (including phenoxy) is 1. The fourth-order valence-electron chi connectivity index (χ4n) is 3.74. The van der Waals surface area contributed by atoms with E-state index in [0.717, 1.165) is 21.8 Å². The average molecular weight is 507 g/mol. The highest BCUT2D eigenvalue weighted by atomic mass is 32.1. The molecule has 2 N–H and O–H groups in total. The highest BCUT2D eigenvalue weighted by Gasteiger charge is 2.21. The van der Waals surface area contributed by atoms with Crippen LogP contribution in [0.5, 0.6) is 0 Å². The molecule has 0 bridgehead atoms. The molecule has 0 atom stereocenters. The molecule has 0 aliphatic heterocycles. The third-order valence-electron chi connectivity index (χ3n) is 5.52.